The van der Waals surface area contributed by atoms with Crippen LogP contribution in [0.3, 0.4) is 0 Å². The molecule has 0 fully saturated rings. The number of carboxylic acid groups (broad SMARTS) is 1. The largest absolute Gasteiger partial charge is 0.481 e. The minimum absolute atomic E-state index is 0.0290. The zero-order chi connectivity index (χ0) is 15.7. The third-order valence-electron chi connectivity index (χ3n) is 2.83. The molecule has 0 aliphatic heterocycles. The van der Waals surface area contributed by atoms with Crippen LogP contribution in [-0.2, 0) is 15.6 Å². The highest BCUT2D eigenvalue weighted by atomic mass is 32.2. The van der Waals surface area contributed by atoms with E-state index in [9.17, 15) is 13.8 Å². The summed E-state index contributed by atoms with van der Waals surface area (Å²) in [5.74, 6) is -0.516. The van der Waals surface area contributed by atoms with Crippen molar-refractivity contribution in [3.05, 3.63) is 35.9 Å². The molecule has 7 heteroatoms. The minimum atomic E-state index is -0.960. The van der Waals surface area contributed by atoms with Crippen LogP contribution in [0.25, 0.3) is 0 Å². The van der Waals surface area contributed by atoms with Gasteiger partial charge in [0.15, 0.2) is 0 Å². The van der Waals surface area contributed by atoms with E-state index in [0.29, 0.717) is 18.7 Å². The number of hydrogen-bond acceptors (Lipinski definition) is 3. The van der Waals surface area contributed by atoms with Gasteiger partial charge < -0.3 is 15.7 Å². The van der Waals surface area contributed by atoms with Crippen LogP contribution < -0.4 is 10.6 Å². The lowest BCUT2D eigenvalue weighted by Gasteiger charge is -2.19. The molecule has 21 heavy (non-hydrogen) atoms. The molecule has 2 unspecified atom stereocenters. The summed E-state index contributed by atoms with van der Waals surface area (Å²) >= 11 is 0. The van der Waals surface area contributed by atoms with E-state index < -0.39 is 16.8 Å². The number of benzene rings is 1. The Kier molecular flexibility index (Phi) is 7.45. The molecule has 116 valence electrons. The predicted molar refractivity (Wildman–Crippen MR) is 81.5 cm³/mol. The van der Waals surface area contributed by atoms with Gasteiger partial charge in [-0.2, -0.15) is 0 Å². The van der Waals surface area contributed by atoms with Crippen LogP contribution in [0.1, 0.15) is 24.4 Å². The summed E-state index contributed by atoms with van der Waals surface area (Å²) in [5, 5.41) is 14.1. The zero-order valence-electron chi connectivity index (χ0n) is 11.9. The van der Waals surface area contributed by atoms with E-state index in [0.717, 1.165) is 5.56 Å². The average molecular weight is 312 g/mol. The number of amides is 2. The van der Waals surface area contributed by atoms with Gasteiger partial charge in [0.25, 0.3) is 0 Å². The molecule has 0 radical (unpaired) electrons. The second-order valence-corrected chi connectivity index (χ2v) is 6.13. The monoisotopic (exact) mass is 312 g/mol. The fourth-order valence-electron chi connectivity index (χ4n) is 1.79. The van der Waals surface area contributed by atoms with Crippen molar-refractivity contribution in [3.8, 4) is 0 Å². The zero-order valence-corrected chi connectivity index (χ0v) is 12.7. The number of nitrogens with one attached hydrogen (secondary N) is 2. The molecule has 0 saturated carbocycles. The maximum Gasteiger partial charge on any atom is 0.315 e. The first-order valence-corrected chi connectivity index (χ1v) is 8.33. The third-order valence-corrected chi connectivity index (χ3v) is 3.61. The summed E-state index contributed by atoms with van der Waals surface area (Å²) in [6.07, 6.45) is 1.85. The Morgan fingerprint density at radius 3 is 2.52 bits per heavy atom. The van der Waals surface area contributed by atoms with E-state index in [1.807, 2.05) is 30.3 Å². The van der Waals surface area contributed by atoms with Crippen LogP contribution >= 0.6 is 0 Å². The van der Waals surface area contributed by atoms with Crippen molar-refractivity contribution in [1.29, 1.82) is 0 Å². The average Bonchev–Trinajstić information content (AvgIpc) is 2.43. The Hall–Kier alpha value is -1.89. The van der Waals surface area contributed by atoms with E-state index in [4.69, 9.17) is 5.11 Å². The fourth-order valence-corrected chi connectivity index (χ4v) is 2.18. The van der Waals surface area contributed by atoms with E-state index in [1.165, 1.54) is 0 Å². The highest BCUT2D eigenvalue weighted by Crippen LogP contribution is 2.18. The molecule has 0 spiro atoms. The Morgan fingerprint density at radius 1 is 1.29 bits per heavy atom. The molecule has 6 nitrogen and oxygen atoms in total. The van der Waals surface area contributed by atoms with Crippen LogP contribution in [0.15, 0.2) is 30.3 Å². The first-order chi connectivity index (χ1) is 9.99. The van der Waals surface area contributed by atoms with Crippen molar-refractivity contribution >= 4 is 22.8 Å². The first kappa shape index (κ1) is 17.2. The number of carbonyl (C=O) groups is 2. The molecule has 0 saturated heterocycles. The highest BCUT2D eigenvalue weighted by Gasteiger charge is 2.15. The molecule has 1 rings (SSSR count). The topological polar surface area (TPSA) is 95.5 Å². The Bertz CT molecular complexity index is 493. The second-order valence-electron chi connectivity index (χ2n) is 4.57. The molecular weight excluding hydrogens is 292 g/mol. The SMILES string of the molecule is CS(=O)CCNC(=O)NC(CCC(=O)O)c1ccccc1. The van der Waals surface area contributed by atoms with Crippen LogP contribution in [-0.4, -0.2) is 39.9 Å². The summed E-state index contributed by atoms with van der Waals surface area (Å²) in [6, 6.07) is 8.45. The van der Waals surface area contributed by atoms with Gasteiger partial charge >= 0.3 is 12.0 Å². The molecule has 1 aromatic rings. The molecule has 2 amide bonds. The number of carboxylic acids is 1. The standard InChI is InChI=1S/C14H20N2O4S/c1-21(20)10-9-15-14(19)16-12(7-8-13(17)18)11-5-3-2-4-6-11/h2-6,12H,7-10H2,1H3,(H,17,18)(H2,15,16,19). The number of aliphatic carboxylic acids is 1. The molecule has 0 aromatic heterocycles. The minimum Gasteiger partial charge on any atom is -0.481 e. The van der Waals surface area contributed by atoms with Gasteiger partial charge in [0.1, 0.15) is 0 Å². The predicted octanol–water partition coefficient (Wildman–Crippen LogP) is 1.27. The van der Waals surface area contributed by atoms with Gasteiger partial charge in [-0.25, -0.2) is 4.79 Å². The maximum absolute atomic E-state index is 11.8. The summed E-state index contributed by atoms with van der Waals surface area (Å²) in [4.78, 5) is 22.5. The number of carbonyl (C=O) groups excluding carboxylic acids is 1. The lowest BCUT2D eigenvalue weighted by Crippen LogP contribution is -2.39. The molecule has 0 aliphatic rings. The quantitative estimate of drug-likeness (QED) is 0.673. The number of urea groups is 1. The normalized spacial score (nSPS) is 13.2. The van der Waals surface area contributed by atoms with Crippen molar-refractivity contribution in [2.45, 2.75) is 18.9 Å². The van der Waals surface area contributed by atoms with Crippen LogP contribution in [0.2, 0.25) is 0 Å². The fraction of sp³-hybridized carbons (Fsp3) is 0.429. The third kappa shape index (κ3) is 7.45. The Balaban J connectivity index is 2.58. The molecule has 1 aromatic carbocycles. The summed E-state index contributed by atoms with van der Waals surface area (Å²) in [6.45, 7) is 0.315. The van der Waals surface area contributed by atoms with Crippen molar-refractivity contribution in [1.82, 2.24) is 10.6 Å². The molecule has 3 N–H and O–H groups in total. The van der Waals surface area contributed by atoms with Gasteiger partial charge in [-0.3, -0.25) is 9.00 Å². The van der Waals surface area contributed by atoms with Gasteiger partial charge in [0, 0.05) is 35.8 Å². The van der Waals surface area contributed by atoms with Crippen molar-refractivity contribution in [3.63, 3.8) is 0 Å². The van der Waals surface area contributed by atoms with Gasteiger partial charge in [-0.1, -0.05) is 30.3 Å². The van der Waals surface area contributed by atoms with E-state index in [-0.39, 0.29) is 18.5 Å². The molecular formula is C14H20N2O4S. The van der Waals surface area contributed by atoms with Crippen molar-refractivity contribution in [2.24, 2.45) is 0 Å². The first-order valence-electron chi connectivity index (χ1n) is 6.60. The van der Waals surface area contributed by atoms with Gasteiger partial charge in [0.05, 0.1) is 6.04 Å². The molecule has 0 aliphatic carbocycles. The van der Waals surface area contributed by atoms with Crippen molar-refractivity contribution in [2.75, 3.05) is 18.6 Å². The Labute approximate surface area is 126 Å². The molecule has 0 heterocycles. The lowest BCUT2D eigenvalue weighted by molar-refractivity contribution is -0.137. The van der Waals surface area contributed by atoms with Crippen LogP contribution in [0, 0.1) is 0 Å². The smallest absolute Gasteiger partial charge is 0.315 e. The van der Waals surface area contributed by atoms with E-state index >= 15 is 0 Å². The second kappa shape index (κ2) is 9.12. The van der Waals surface area contributed by atoms with Gasteiger partial charge in [-0.05, 0) is 12.0 Å². The van der Waals surface area contributed by atoms with Gasteiger partial charge in [0.2, 0.25) is 0 Å². The lowest BCUT2D eigenvalue weighted by atomic mass is 10.0. The summed E-state index contributed by atoms with van der Waals surface area (Å²) in [5.41, 5.74) is 0.855. The maximum atomic E-state index is 11.8. The summed E-state index contributed by atoms with van der Waals surface area (Å²) in [7, 11) is -0.960. The molecule has 0 bridgehead atoms. The van der Waals surface area contributed by atoms with Crippen LogP contribution in [0.5, 0.6) is 0 Å². The van der Waals surface area contributed by atoms with E-state index in [1.54, 1.807) is 6.26 Å². The van der Waals surface area contributed by atoms with E-state index in [2.05, 4.69) is 10.6 Å². The van der Waals surface area contributed by atoms with Crippen molar-refractivity contribution < 1.29 is 18.9 Å². The number of rotatable bonds is 8. The Morgan fingerprint density at radius 2 is 1.95 bits per heavy atom. The molecule has 2 atom stereocenters. The van der Waals surface area contributed by atoms with Gasteiger partial charge in [-0.15, -0.1) is 0 Å². The summed E-state index contributed by atoms with van der Waals surface area (Å²) < 4.78 is 10.9. The van der Waals surface area contributed by atoms with Crippen LogP contribution in [0.4, 0.5) is 4.79 Å². The highest BCUT2D eigenvalue weighted by molar-refractivity contribution is 7.84. The number of hydrogen-bond donors (Lipinski definition) is 3.